The van der Waals surface area contributed by atoms with Gasteiger partial charge in [-0.25, -0.2) is 4.98 Å². The Balaban J connectivity index is 1.13. The zero-order chi connectivity index (χ0) is 23.5. The number of benzene rings is 2. The van der Waals surface area contributed by atoms with Gasteiger partial charge in [0.05, 0.1) is 21.9 Å². The number of anilines is 1. The van der Waals surface area contributed by atoms with Crippen molar-refractivity contribution in [3.05, 3.63) is 63.4 Å². The largest absolute Gasteiger partial charge is 0.332 e. The number of para-hydroxylation sites is 1. The number of unbranched alkanes of at least 4 members (excludes halogenated alkanes) is 2. The molecule has 0 spiro atoms. The van der Waals surface area contributed by atoms with E-state index in [1.165, 1.54) is 19.3 Å². The molecule has 0 bridgehead atoms. The fraction of sp³-hybridized carbons (Fsp3) is 0.385. The monoisotopic (exact) mass is 475 g/mol. The lowest BCUT2D eigenvalue weighted by molar-refractivity contribution is -0.116. The van der Waals surface area contributed by atoms with Crippen LogP contribution in [0.1, 0.15) is 50.8 Å². The lowest BCUT2D eigenvalue weighted by atomic mass is 10.1. The summed E-state index contributed by atoms with van der Waals surface area (Å²) in [6.07, 6.45) is 7.48. The van der Waals surface area contributed by atoms with Crippen molar-refractivity contribution in [3.8, 4) is 0 Å². The molecule has 1 aliphatic heterocycles. The van der Waals surface area contributed by atoms with Crippen molar-refractivity contribution in [3.63, 3.8) is 0 Å². The lowest BCUT2D eigenvalue weighted by Gasteiger charge is -2.09. The Morgan fingerprint density at radius 2 is 1.97 bits per heavy atom. The molecule has 0 fully saturated rings. The van der Waals surface area contributed by atoms with Gasteiger partial charge >= 0.3 is 0 Å². The average molecular weight is 476 g/mol. The minimum Gasteiger partial charge on any atom is -0.332 e. The second-order valence-electron chi connectivity index (χ2n) is 8.99. The second-order valence-corrected chi connectivity index (χ2v) is 9.37. The number of amides is 1. The number of aryl methyl sites for hydroxylation is 2. The second kappa shape index (κ2) is 9.93. The van der Waals surface area contributed by atoms with Gasteiger partial charge in [0.1, 0.15) is 5.82 Å². The highest BCUT2D eigenvalue weighted by Gasteiger charge is 2.14. The third-order valence-electron chi connectivity index (χ3n) is 6.57. The van der Waals surface area contributed by atoms with Gasteiger partial charge in [-0.05, 0) is 68.2 Å². The molecule has 1 aliphatic rings. The number of aromatic nitrogens is 4. The molecule has 5 rings (SSSR count). The van der Waals surface area contributed by atoms with Crippen LogP contribution in [0.5, 0.6) is 0 Å². The SMILES string of the molecule is O=C(CCCCCn1c(=S)[nH]c2ccccc2c1=O)Nc1ccc2c(c1)nc1n2CCCCC1. The van der Waals surface area contributed by atoms with Crippen LogP contribution in [0.4, 0.5) is 5.69 Å². The number of H-pyrrole nitrogens is 1. The number of rotatable bonds is 7. The molecule has 2 aromatic carbocycles. The summed E-state index contributed by atoms with van der Waals surface area (Å²) in [7, 11) is 0. The topological polar surface area (TPSA) is 84.7 Å². The quantitative estimate of drug-likeness (QED) is 0.279. The van der Waals surface area contributed by atoms with E-state index in [2.05, 4.69) is 20.9 Å². The lowest BCUT2D eigenvalue weighted by Crippen LogP contribution is -2.22. The molecule has 0 atom stereocenters. The first-order chi connectivity index (χ1) is 16.6. The first-order valence-electron chi connectivity index (χ1n) is 12.1. The standard InChI is InChI=1S/C26H29N5O2S/c32-24(27-18-13-14-22-21(17-18)28-23-11-3-1-7-15-30(22)23)12-4-2-8-16-31-25(33)19-9-5-6-10-20(19)29-26(31)34/h5-6,9-10,13-14,17H,1-4,7-8,11-12,15-16H2,(H,27,32)(H,29,34). The highest BCUT2D eigenvalue weighted by molar-refractivity contribution is 7.71. The van der Waals surface area contributed by atoms with Gasteiger partial charge in [-0.15, -0.1) is 0 Å². The van der Waals surface area contributed by atoms with E-state index in [1.807, 2.05) is 30.3 Å². The van der Waals surface area contributed by atoms with E-state index in [9.17, 15) is 9.59 Å². The number of hydrogen-bond donors (Lipinski definition) is 2. The summed E-state index contributed by atoms with van der Waals surface area (Å²) >= 11 is 5.36. The first-order valence-corrected chi connectivity index (χ1v) is 12.5. The molecule has 0 saturated carbocycles. The summed E-state index contributed by atoms with van der Waals surface area (Å²) in [5, 5.41) is 3.65. The molecule has 2 aromatic heterocycles. The highest BCUT2D eigenvalue weighted by Crippen LogP contribution is 2.24. The molecule has 0 radical (unpaired) electrons. The van der Waals surface area contributed by atoms with Crippen molar-refractivity contribution in [2.45, 2.75) is 64.5 Å². The number of nitrogens with zero attached hydrogens (tertiary/aromatic N) is 3. The van der Waals surface area contributed by atoms with E-state index >= 15 is 0 Å². The van der Waals surface area contributed by atoms with Crippen molar-refractivity contribution in [2.75, 3.05) is 5.32 Å². The number of imidazole rings is 1. The van der Waals surface area contributed by atoms with Crippen LogP contribution in [0, 0.1) is 4.77 Å². The minimum absolute atomic E-state index is 0.000265. The summed E-state index contributed by atoms with van der Waals surface area (Å²) in [5.74, 6) is 1.15. The Morgan fingerprint density at radius 1 is 1.09 bits per heavy atom. The Labute approximate surface area is 202 Å². The van der Waals surface area contributed by atoms with Gasteiger partial charge in [0, 0.05) is 31.6 Å². The van der Waals surface area contributed by atoms with Crippen molar-refractivity contribution in [2.24, 2.45) is 0 Å². The van der Waals surface area contributed by atoms with E-state index in [1.54, 1.807) is 10.6 Å². The Bertz CT molecular complexity index is 1470. The van der Waals surface area contributed by atoms with Crippen LogP contribution in [0.2, 0.25) is 0 Å². The molecular weight excluding hydrogens is 446 g/mol. The molecule has 4 aromatic rings. The number of carbonyl (C=O) groups is 1. The van der Waals surface area contributed by atoms with Crippen LogP contribution in [-0.2, 0) is 24.3 Å². The fourth-order valence-corrected chi connectivity index (χ4v) is 5.07. The highest BCUT2D eigenvalue weighted by atomic mass is 32.1. The molecule has 1 amide bonds. The van der Waals surface area contributed by atoms with Crippen LogP contribution >= 0.6 is 12.2 Å². The molecule has 0 aliphatic carbocycles. The summed E-state index contributed by atoms with van der Waals surface area (Å²) in [6, 6.07) is 13.4. The fourth-order valence-electron chi connectivity index (χ4n) is 4.79. The van der Waals surface area contributed by atoms with E-state index in [4.69, 9.17) is 17.2 Å². The van der Waals surface area contributed by atoms with Crippen molar-refractivity contribution in [1.82, 2.24) is 19.1 Å². The van der Waals surface area contributed by atoms with Gasteiger partial charge < -0.3 is 14.9 Å². The zero-order valence-corrected chi connectivity index (χ0v) is 20.0. The van der Waals surface area contributed by atoms with Gasteiger partial charge in [-0.1, -0.05) is 25.0 Å². The maximum absolute atomic E-state index is 12.7. The molecule has 2 N–H and O–H groups in total. The molecule has 176 valence electrons. The summed E-state index contributed by atoms with van der Waals surface area (Å²) in [5.41, 5.74) is 3.59. The van der Waals surface area contributed by atoms with E-state index in [0.29, 0.717) is 23.1 Å². The van der Waals surface area contributed by atoms with Gasteiger partial charge in [0.25, 0.3) is 5.56 Å². The third-order valence-corrected chi connectivity index (χ3v) is 6.89. The molecule has 7 nitrogen and oxygen atoms in total. The Morgan fingerprint density at radius 3 is 2.88 bits per heavy atom. The normalized spacial score (nSPS) is 13.6. The van der Waals surface area contributed by atoms with E-state index in [0.717, 1.165) is 60.3 Å². The zero-order valence-electron chi connectivity index (χ0n) is 19.2. The van der Waals surface area contributed by atoms with Gasteiger partial charge in [-0.3, -0.25) is 14.2 Å². The summed E-state index contributed by atoms with van der Waals surface area (Å²) < 4.78 is 4.37. The third kappa shape index (κ3) is 4.68. The van der Waals surface area contributed by atoms with E-state index in [-0.39, 0.29) is 11.5 Å². The number of fused-ring (bicyclic) bond motifs is 4. The maximum atomic E-state index is 12.7. The van der Waals surface area contributed by atoms with E-state index < -0.39 is 0 Å². The van der Waals surface area contributed by atoms with Crippen molar-refractivity contribution < 1.29 is 4.79 Å². The van der Waals surface area contributed by atoms with Gasteiger partial charge in [0.2, 0.25) is 5.91 Å². The van der Waals surface area contributed by atoms with Gasteiger partial charge in [-0.2, -0.15) is 0 Å². The van der Waals surface area contributed by atoms with Crippen LogP contribution in [0.25, 0.3) is 21.9 Å². The summed E-state index contributed by atoms with van der Waals surface area (Å²) in [4.78, 5) is 33.1. The average Bonchev–Trinajstić information content (AvgIpc) is 3.00. The predicted octanol–water partition coefficient (Wildman–Crippen LogP) is 5.33. The predicted molar refractivity (Wildman–Crippen MR) is 138 cm³/mol. The molecule has 34 heavy (non-hydrogen) atoms. The molecule has 3 heterocycles. The van der Waals surface area contributed by atoms with Crippen molar-refractivity contribution in [1.29, 1.82) is 0 Å². The Hall–Kier alpha value is -3.26. The van der Waals surface area contributed by atoms with Crippen LogP contribution in [-0.4, -0.2) is 25.0 Å². The van der Waals surface area contributed by atoms with Crippen LogP contribution < -0.4 is 10.9 Å². The Kier molecular flexibility index (Phi) is 6.58. The number of nitrogens with one attached hydrogen (secondary N) is 2. The maximum Gasteiger partial charge on any atom is 0.262 e. The molecule has 0 unspecified atom stereocenters. The molecule has 0 saturated heterocycles. The number of hydrogen-bond acceptors (Lipinski definition) is 4. The van der Waals surface area contributed by atoms with Crippen molar-refractivity contribution >= 4 is 45.7 Å². The van der Waals surface area contributed by atoms with Crippen LogP contribution in [0.3, 0.4) is 0 Å². The minimum atomic E-state index is -0.0657. The summed E-state index contributed by atoms with van der Waals surface area (Å²) in [6.45, 7) is 1.57. The molecule has 8 heteroatoms. The number of carbonyl (C=O) groups excluding carboxylic acids is 1. The smallest absolute Gasteiger partial charge is 0.262 e. The number of aromatic amines is 1. The van der Waals surface area contributed by atoms with Crippen LogP contribution in [0.15, 0.2) is 47.3 Å². The molecular formula is C26H29N5O2S. The van der Waals surface area contributed by atoms with Gasteiger partial charge in [0.15, 0.2) is 4.77 Å². The first kappa shape index (κ1) is 22.5.